The normalized spacial score (nSPS) is 12.0. The zero-order valence-electron chi connectivity index (χ0n) is 13.6. The molecule has 1 atom stereocenters. The number of rotatable bonds is 5. The molecular weight excluding hydrogens is 386 g/mol. The van der Waals surface area contributed by atoms with Gasteiger partial charge in [-0.2, -0.15) is 5.10 Å². The summed E-state index contributed by atoms with van der Waals surface area (Å²) in [5, 5.41) is 8.17. The summed E-state index contributed by atoms with van der Waals surface area (Å²) < 4.78 is 53.6. The first-order valence-electron chi connectivity index (χ1n) is 7.70. The molecule has 0 saturated carbocycles. The maximum Gasteiger partial charge on any atom is 0.259 e. The highest BCUT2D eigenvalue weighted by molar-refractivity contribution is 6.30. The number of benzene rings is 2. The Morgan fingerprint density at radius 2 is 2.00 bits per heavy atom. The van der Waals surface area contributed by atoms with Gasteiger partial charge in [-0.05, 0) is 35.9 Å². The molecule has 0 aliphatic carbocycles. The Morgan fingerprint density at radius 1 is 1.22 bits per heavy atom. The Bertz CT molecular complexity index is 992. The number of H-pyrrole nitrogens is 1. The lowest BCUT2D eigenvalue weighted by molar-refractivity contribution is 0.102. The van der Waals surface area contributed by atoms with E-state index in [0.717, 1.165) is 24.4 Å². The van der Waals surface area contributed by atoms with Gasteiger partial charge in [-0.15, -0.1) is 0 Å². The molecular formula is C18H12ClF4N3O. The van der Waals surface area contributed by atoms with E-state index < -0.39 is 30.4 Å². The summed E-state index contributed by atoms with van der Waals surface area (Å²) in [6.45, 7) is -1.33. The number of aromatic nitrogens is 2. The highest BCUT2D eigenvalue weighted by Gasteiger charge is 2.22. The van der Waals surface area contributed by atoms with Crippen LogP contribution in [0.15, 0.2) is 42.6 Å². The maximum absolute atomic E-state index is 13.8. The molecule has 2 N–H and O–H groups in total. The summed E-state index contributed by atoms with van der Waals surface area (Å²) in [7, 11) is 0. The Labute approximate surface area is 156 Å². The van der Waals surface area contributed by atoms with Gasteiger partial charge in [-0.1, -0.05) is 17.7 Å². The van der Waals surface area contributed by atoms with Gasteiger partial charge in [-0.25, -0.2) is 17.6 Å². The molecule has 0 fully saturated rings. The number of hydrogen-bond donors (Lipinski definition) is 2. The fourth-order valence-electron chi connectivity index (χ4n) is 2.51. The maximum atomic E-state index is 13.8. The predicted molar refractivity (Wildman–Crippen MR) is 93.2 cm³/mol. The quantitative estimate of drug-likeness (QED) is 0.578. The molecule has 1 unspecified atom stereocenters. The van der Waals surface area contributed by atoms with Crippen LogP contribution in [0.25, 0.3) is 11.1 Å². The molecule has 27 heavy (non-hydrogen) atoms. The van der Waals surface area contributed by atoms with E-state index in [9.17, 15) is 22.4 Å². The molecule has 9 heteroatoms. The lowest BCUT2D eigenvalue weighted by atomic mass is 10.0. The van der Waals surface area contributed by atoms with Crippen LogP contribution in [0.1, 0.15) is 22.2 Å². The molecule has 2 aromatic carbocycles. The molecule has 0 saturated heterocycles. The molecule has 0 spiro atoms. The summed E-state index contributed by atoms with van der Waals surface area (Å²) in [6, 6.07) is 7.33. The summed E-state index contributed by atoms with van der Waals surface area (Å²) in [6.07, 6.45) is -0.982. The largest absolute Gasteiger partial charge is 0.321 e. The van der Waals surface area contributed by atoms with E-state index in [1.54, 1.807) is 0 Å². The van der Waals surface area contributed by atoms with Gasteiger partial charge in [0, 0.05) is 11.3 Å². The van der Waals surface area contributed by atoms with Gasteiger partial charge >= 0.3 is 0 Å². The van der Waals surface area contributed by atoms with Crippen LogP contribution in [0, 0.1) is 11.6 Å². The number of nitrogens with zero attached hydrogens (tertiary/aromatic N) is 1. The average molecular weight is 398 g/mol. The summed E-state index contributed by atoms with van der Waals surface area (Å²) in [4.78, 5) is 12.5. The standard InChI is InChI=1S/C18H12ClF4N3O/c19-13-3-1-9(5-14(13)22)11-6-10(21)2-4-16(11)25-18(27)12-8-24-26-17(12)15(23)7-20/h1-6,8,15H,7H2,(H,24,26)(H,25,27). The van der Waals surface area contributed by atoms with Crippen LogP contribution in [0.4, 0.5) is 23.2 Å². The van der Waals surface area contributed by atoms with Crippen molar-refractivity contribution < 1.29 is 22.4 Å². The fraction of sp³-hybridized carbons (Fsp3) is 0.111. The van der Waals surface area contributed by atoms with E-state index in [1.165, 1.54) is 18.2 Å². The molecule has 140 valence electrons. The Morgan fingerprint density at radius 3 is 2.70 bits per heavy atom. The van der Waals surface area contributed by atoms with E-state index in [0.29, 0.717) is 0 Å². The Kier molecular flexibility index (Phi) is 5.46. The second-order valence-electron chi connectivity index (χ2n) is 5.59. The van der Waals surface area contributed by atoms with Gasteiger partial charge in [0.1, 0.15) is 18.3 Å². The number of halogens is 5. The minimum Gasteiger partial charge on any atom is -0.321 e. The van der Waals surface area contributed by atoms with E-state index in [-0.39, 0.29) is 33.1 Å². The fourth-order valence-corrected chi connectivity index (χ4v) is 2.63. The van der Waals surface area contributed by atoms with Gasteiger partial charge in [0.25, 0.3) is 5.91 Å². The number of amides is 1. The third-order valence-corrected chi connectivity index (χ3v) is 4.13. The molecule has 0 radical (unpaired) electrons. The number of alkyl halides is 2. The van der Waals surface area contributed by atoms with Crippen molar-refractivity contribution in [2.75, 3.05) is 12.0 Å². The molecule has 0 bridgehead atoms. The minimum atomic E-state index is -2.04. The molecule has 3 rings (SSSR count). The first-order chi connectivity index (χ1) is 12.9. The number of anilines is 1. The first-order valence-corrected chi connectivity index (χ1v) is 8.08. The average Bonchev–Trinajstić information content (AvgIpc) is 3.14. The third-order valence-electron chi connectivity index (χ3n) is 3.82. The van der Waals surface area contributed by atoms with Gasteiger partial charge < -0.3 is 5.32 Å². The lowest BCUT2D eigenvalue weighted by Crippen LogP contribution is -2.15. The monoisotopic (exact) mass is 397 g/mol. The second-order valence-corrected chi connectivity index (χ2v) is 6.00. The first kappa shape index (κ1) is 18.9. The van der Waals surface area contributed by atoms with Gasteiger partial charge in [-0.3, -0.25) is 9.89 Å². The van der Waals surface area contributed by atoms with Gasteiger partial charge in [0.15, 0.2) is 6.17 Å². The molecule has 4 nitrogen and oxygen atoms in total. The van der Waals surface area contributed by atoms with Crippen molar-refractivity contribution in [2.24, 2.45) is 0 Å². The van der Waals surface area contributed by atoms with E-state index in [1.807, 2.05) is 0 Å². The van der Waals surface area contributed by atoms with Crippen molar-refractivity contribution in [3.05, 3.63) is 70.5 Å². The minimum absolute atomic E-state index is 0.107. The Hall–Kier alpha value is -2.87. The molecule has 1 aromatic heterocycles. The van der Waals surface area contributed by atoms with Crippen LogP contribution < -0.4 is 5.32 Å². The van der Waals surface area contributed by atoms with Gasteiger partial charge in [0.2, 0.25) is 0 Å². The number of aromatic amines is 1. The molecule has 1 amide bonds. The van der Waals surface area contributed by atoms with Crippen LogP contribution >= 0.6 is 11.6 Å². The van der Waals surface area contributed by atoms with Crippen LogP contribution in [0.3, 0.4) is 0 Å². The molecule has 3 aromatic rings. The van der Waals surface area contributed by atoms with Gasteiger partial charge in [0.05, 0.1) is 22.5 Å². The van der Waals surface area contributed by atoms with Crippen LogP contribution in [0.2, 0.25) is 5.02 Å². The van der Waals surface area contributed by atoms with Crippen molar-refractivity contribution in [1.82, 2.24) is 10.2 Å². The summed E-state index contributed by atoms with van der Waals surface area (Å²) in [5.74, 6) is -2.10. The smallest absolute Gasteiger partial charge is 0.259 e. The number of hydrogen-bond acceptors (Lipinski definition) is 2. The van der Waals surface area contributed by atoms with Crippen molar-refractivity contribution in [3.8, 4) is 11.1 Å². The molecule has 0 aliphatic heterocycles. The number of nitrogens with one attached hydrogen (secondary N) is 2. The van der Waals surface area contributed by atoms with Crippen molar-refractivity contribution >= 4 is 23.2 Å². The molecule has 1 heterocycles. The summed E-state index contributed by atoms with van der Waals surface area (Å²) in [5.41, 5.74) is 0.0948. The van der Waals surface area contributed by atoms with E-state index in [4.69, 9.17) is 11.6 Å². The predicted octanol–water partition coefficient (Wildman–Crippen LogP) is 5.24. The zero-order valence-corrected chi connectivity index (χ0v) is 14.3. The lowest BCUT2D eigenvalue weighted by Gasteiger charge is -2.12. The van der Waals surface area contributed by atoms with Crippen molar-refractivity contribution in [3.63, 3.8) is 0 Å². The van der Waals surface area contributed by atoms with E-state index >= 15 is 0 Å². The topological polar surface area (TPSA) is 57.8 Å². The zero-order chi connectivity index (χ0) is 19.6. The highest BCUT2D eigenvalue weighted by Crippen LogP contribution is 2.32. The molecule has 0 aliphatic rings. The second kappa shape index (κ2) is 7.79. The van der Waals surface area contributed by atoms with Crippen LogP contribution in [0.5, 0.6) is 0 Å². The number of carbonyl (C=O) groups excluding carboxylic acids is 1. The van der Waals surface area contributed by atoms with Crippen LogP contribution in [-0.2, 0) is 0 Å². The van der Waals surface area contributed by atoms with E-state index in [2.05, 4.69) is 15.5 Å². The highest BCUT2D eigenvalue weighted by atomic mass is 35.5. The van der Waals surface area contributed by atoms with Crippen LogP contribution in [-0.4, -0.2) is 22.8 Å². The number of carbonyl (C=O) groups is 1. The SMILES string of the molecule is O=C(Nc1ccc(F)cc1-c1ccc(Cl)c(F)c1)c1cn[nH]c1C(F)CF. The third kappa shape index (κ3) is 3.95. The Balaban J connectivity index is 1.97. The van der Waals surface area contributed by atoms with Crippen molar-refractivity contribution in [2.45, 2.75) is 6.17 Å². The summed E-state index contributed by atoms with van der Waals surface area (Å²) >= 11 is 5.66. The van der Waals surface area contributed by atoms with Crippen molar-refractivity contribution in [1.29, 1.82) is 0 Å².